The molecule has 0 amide bonds. The first-order valence-corrected chi connectivity index (χ1v) is 2.51. The van der Waals surface area contributed by atoms with Gasteiger partial charge in [-0.3, -0.25) is 14.4 Å². The van der Waals surface area contributed by atoms with E-state index in [-0.39, 0.29) is 86.0 Å². The van der Waals surface area contributed by atoms with E-state index >= 15 is 0 Å². The molecule has 0 atom stereocenters. The monoisotopic (exact) mass is 334 g/mol. The van der Waals surface area contributed by atoms with Gasteiger partial charge in [-0.25, -0.2) is 5.26 Å². The van der Waals surface area contributed by atoms with Gasteiger partial charge in [-0.05, 0) is 0 Å². The normalized spacial score (nSPS) is 4.73. The van der Waals surface area contributed by atoms with Crippen molar-refractivity contribution in [2.75, 3.05) is 0 Å². The first kappa shape index (κ1) is 36.0. The van der Waals surface area contributed by atoms with Crippen LogP contribution in [0.1, 0.15) is 13.8 Å². The smallest absolute Gasteiger partial charge is 0.330 e. The molecule has 0 saturated heterocycles. The zero-order valence-electron chi connectivity index (χ0n) is 8.87. The van der Waals surface area contributed by atoms with Crippen molar-refractivity contribution in [3.8, 4) is 0 Å². The quantitative estimate of drug-likeness (QED) is 0.245. The van der Waals surface area contributed by atoms with E-state index in [1.54, 1.807) is 0 Å². The number of carbonyl (C=O) groups excluding carboxylic acids is 1. The Morgan fingerprint density at radius 1 is 1.07 bits per heavy atom. The van der Waals surface area contributed by atoms with Crippen LogP contribution in [0, 0.1) is 0 Å². The molecule has 0 saturated carbocycles. The van der Waals surface area contributed by atoms with E-state index in [1.807, 2.05) is 0 Å². The Kier molecular flexibility index (Phi) is 87.1. The molecule has 7 nitrogen and oxygen atoms in total. The molecule has 2 radical (unpaired) electrons. The maximum absolute atomic E-state index is 9.00. The molecule has 0 bridgehead atoms. The zero-order valence-corrected chi connectivity index (χ0v) is 14.4. The molecule has 15 heavy (non-hydrogen) atoms. The summed E-state index contributed by atoms with van der Waals surface area (Å²) in [6, 6.07) is 0. The van der Waals surface area contributed by atoms with E-state index in [0.717, 1.165) is 13.8 Å². The molecule has 0 unspecified atom stereocenters. The molecule has 0 aromatic carbocycles. The summed E-state index contributed by atoms with van der Waals surface area (Å²) < 4.78 is 0. The van der Waals surface area contributed by atoms with Crippen LogP contribution in [0.15, 0.2) is 0 Å². The average Bonchev–Trinajstić information content (AvgIpc) is 1.85. The van der Waals surface area contributed by atoms with Crippen LogP contribution in [0.5, 0.6) is 0 Å². The number of hydrogen-bond donors (Lipinski definition) is 3. The minimum Gasteiger partial charge on any atom is -0.481 e. The van der Waals surface area contributed by atoms with E-state index in [9.17, 15) is 0 Å². The van der Waals surface area contributed by atoms with Gasteiger partial charge in [-0.2, -0.15) is 0 Å². The molecule has 0 rings (SSSR count). The Labute approximate surface area is 145 Å². The summed E-state index contributed by atoms with van der Waals surface area (Å²) in [6.45, 7) is 2.10. The standard InChI is InChI=1S/2C2H4O2.CH2O3.2Na.Pd/c2*1-2(3)4;2-1-4-3;;;/h2*1H3,(H,3,4);1,3H;;;. The third-order valence-electron chi connectivity index (χ3n) is 0.0430. The zero-order chi connectivity index (χ0) is 10.6. The Morgan fingerprint density at radius 2 is 1.13 bits per heavy atom. The first-order chi connectivity index (χ1) is 5.38. The van der Waals surface area contributed by atoms with Crippen LogP contribution < -0.4 is 0 Å². The largest absolute Gasteiger partial charge is 0.481 e. The molecule has 0 aliphatic carbocycles. The topological polar surface area (TPSA) is 121 Å². The Hall–Kier alpha value is 1.03. The molecule has 0 aromatic rings. The first-order valence-electron chi connectivity index (χ1n) is 2.51. The molecule has 3 N–H and O–H groups in total. The number of hydrogen-bond acceptors (Lipinski definition) is 5. The van der Waals surface area contributed by atoms with E-state index < -0.39 is 11.9 Å². The van der Waals surface area contributed by atoms with Gasteiger partial charge in [-0.1, -0.05) is 0 Å². The third-order valence-corrected chi connectivity index (χ3v) is 0.0430. The summed E-state index contributed by atoms with van der Waals surface area (Å²) >= 11 is 0. The summed E-state index contributed by atoms with van der Waals surface area (Å²) in [5.74, 6) is -1.67. The van der Waals surface area contributed by atoms with Gasteiger partial charge >= 0.3 is 6.47 Å². The second kappa shape index (κ2) is 36.3. The summed E-state index contributed by atoms with van der Waals surface area (Å²) in [6.07, 6.45) is 0. The molecule has 0 spiro atoms. The van der Waals surface area contributed by atoms with Gasteiger partial charge in [0.2, 0.25) is 0 Å². The average molecular weight is 335 g/mol. The van der Waals surface area contributed by atoms with Crippen LogP contribution in [0.25, 0.3) is 0 Å². The molecule has 0 heterocycles. The Morgan fingerprint density at radius 3 is 1.13 bits per heavy atom. The van der Waals surface area contributed by atoms with E-state index in [4.69, 9.17) is 29.9 Å². The fourth-order valence-electron chi connectivity index (χ4n) is 0. The SMILES string of the molecule is CC(=O)O.CC(=O)O.O=COO.[Na].[Na].[Pd]. The van der Waals surface area contributed by atoms with Crippen LogP contribution in [-0.4, -0.2) is 93.0 Å². The molecule has 0 aromatic heterocycles. The van der Waals surface area contributed by atoms with Crippen molar-refractivity contribution < 1.29 is 55.2 Å². The van der Waals surface area contributed by atoms with Crippen molar-refractivity contribution in [2.24, 2.45) is 0 Å². The maximum Gasteiger partial charge on any atom is 0.330 e. The molecule has 10 heteroatoms. The van der Waals surface area contributed by atoms with Crippen LogP contribution in [0.4, 0.5) is 0 Å². The van der Waals surface area contributed by atoms with Crippen molar-refractivity contribution in [3.63, 3.8) is 0 Å². The van der Waals surface area contributed by atoms with Crippen molar-refractivity contribution >= 4 is 77.5 Å². The second-order valence-electron chi connectivity index (χ2n) is 1.24. The van der Waals surface area contributed by atoms with Gasteiger partial charge < -0.3 is 15.1 Å². The molecule has 0 aliphatic heterocycles. The van der Waals surface area contributed by atoms with Gasteiger partial charge in [-0.15, -0.1) is 0 Å². The van der Waals surface area contributed by atoms with Gasteiger partial charge in [0.1, 0.15) is 0 Å². The van der Waals surface area contributed by atoms with E-state index in [0.29, 0.717) is 0 Å². The summed E-state index contributed by atoms with van der Waals surface area (Å²) in [5, 5.41) is 21.8. The minimum absolute atomic E-state index is 0. The fourth-order valence-corrected chi connectivity index (χ4v) is 0. The minimum atomic E-state index is -0.833. The molecule has 0 aliphatic rings. The predicted octanol–water partition coefficient (Wildman–Crippen LogP) is -0.950. The third kappa shape index (κ3) is 618. The Balaban J connectivity index is -0.0000000184. The fraction of sp³-hybridized carbons (Fsp3) is 0.400. The summed E-state index contributed by atoms with van der Waals surface area (Å²) in [5.41, 5.74) is 0. The van der Waals surface area contributed by atoms with Crippen molar-refractivity contribution in [2.45, 2.75) is 13.8 Å². The number of carboxylic acids is 2. The van der Waals surface area contributed by atoms with Crippen molar-refractivity contribution in [1.82, 2.24) is 0 Å². The Bertz CT molecular complexity index is 123. The van der Waals surface area contributed by atoms with Crippen LogP contribution in [0.2, 0.25) is 0 Å². The van der Waals surface area contributed by atoms with Crippen LogP contribution in [-0.2, 0) is 39.7 Å². The molecule has 84 valence electrons. The number of rotatable bonds is 1. The maximum atomic E-state index is 9.00. The van der Waals surface area contributed by atoms with Gasteiger partial charge in [0.15, 0.2) is 0 Å². The van der Waals surface area contributed by atoms with Crippen LogP contribution >= 0.6 is 0 Å². The van der Waals surface area contributed by atoms with Crippen molar-refractivity contribution in [3.05, 3.63) is 0 Å². The molecule has 0 fully saturated rings. The summed E-state index contributed by atoms with van der Waals surface area (Å²) in [4.78, 5) is 29.6. The van der Waals surface area contributed by atoms with Crippen molar-refractivity contribution in [1.29, 1.82) is 0 Å². The molecular weight excluding hydrogens is 324 g/mol. The number of carboxylic acid groups (broad SMARTS) is 2. The number of carbonyl (C=O) groups is 3. The van der Waals surface area contributed by atoms with E-state index in [2.05, 4.69) is 4.89 Å². The van der Waals surface area contributed by atoms with Gasteiger partial charge in [0.05, 0.1) is 0 Å². The number of aliphatic carboxylic acids is 2. The van der Waals surface area contributed by atoms with Gasteiger partial charge in [0.25, 0.3) is 11.9 Å². The van der Waals surface area contributed by atoms with E-state index in [1.165, 1.54) is 0 Å². The van der Waals surface area contributed by atoms with Crippen LogP contribution in [0.3, 0.4) is 0 Å². The summed E-state index contributed by atoms with van der Waals surface area (Å²) in [7, 11) is 0. The predicted molar refractivity (Wildman–Crippen MR) is 47.9 cm³/mol. The van der Waals surface area contributed by atoms with Gasteiger partial charge in [0, 0.05) is 93.4 Å². The second-order valence-corrected chi connectivity index (χ2v) is 1.24. The molecular formula is C5H10Na2O7Pd.